The van der Waals surface area contributed by atoms with E-state index in [4.69, 9.17) is 5.73 Å². The van der Waals surface area contributed by atoms with E-state index in [9.17, 15) is 0 Å². The van der Waals surface area contributed by atoms with E-state index in [0.29, 0.717) is 5.82 Å². The van der Waals surface area contributed by atoms with Crippen molar-refractivity contribution in [1.82, 2.24) is 9.97 Å². The zero-order valence-electron chi connectivity index (χ0n) is 8.98. The van der Waals surface area contributed by atoms with E-state index in [1.54, 1.807) is 6.33 Å². The van der Waals surface area contributed by atoms with Gasteiger partial charge in [0.05, 0.1) is 5.69 Å². The van der Waals surface area contributed by atoms with Gasteiger partial charge in [0.15, 0.2) is 0 Å². The Balaban J connectivity index is 2.30. The van der Waals surface area contributed by atoms with Crippen molar-refractivity contribution < 1.29 is 0 Å². The molecule has 0 amide bonds. The van der Waals surface area contributed by atoms with E-state index in [1.807, 2.05) is 6.07 Å². The second-order valence-electron chi connectivity index (χ2n) is 4.10. The van der Waals surface area contributed by atoms with Crippen molar-refractivity contribution in [2.24, 2.45) is 0 Å². The Labute approximate surface area is 94.4 Å². The third-order valence-electron chi connectivity index (χ3n) is 3.12. The summed E-state index contributed by atoms with van der Waals surface area (Å²) in [5, 5.41) is 0. The molecule has 2 N–H and O–H groups in total. The molecule has 0 aliphatic heterocycles. The van der Waals surface area contributed by atoms with Crippen molar-refractivity contribution in [1.29, 1.82) is 0 Å². The van der Waals surface area contributed by atoms with Gasteiger partial charge in [-0.3, -0.25) is 0 Å². The molecule has 1 aromatic carbocycles. The third kappa shape index (κ3) is 1.36. The predicted octanol–water partition coefficient (Wildman–Crippen LogP) is 2.21. The summed E-state index contributed by atoms with van der Waals surface area (Å²) in [6.07, 6.45) is 4.72. The highest BCUT2D eigenvalue weighted by Crippen LogP contribution is 2.32. The highest BCUT2D eigenvalue weighted by Gasteiger charge is 2.17. The van der Waals surface area contributed by atoms with Crippen LogP contribution in [0.4, 0.5) is 5.82 Å². The van der Waals surface area contributed by atoms with Crippen LogP contribution in [-0.4, -0.2) is 9.97 Å². The lowest BCUT2D eigenvalue weighted by Gasteiger charge is -2.08. The number of benzene rings is 1. The van der Waals surface area contributed by atoms with Crippen LogP contribution in [0, 0.1) is 0 Å². The van der Waals surface area contributed by atoms with E-state index in [1.165, 1.54) is 11.1 Å². The monoisotopic (exact) mass is 211 g/mol. The van der Waals surface area contributed by atoms with Gasteiger partial charge in [-0.05, 0) is 24.8 Å². The second kappa shape index (κ2) is 3.59. The first-order valence-electron chi connectivity index (χ1n) is 5.54. The predicted molar refractivity (Wildman–Crippen MR) is 63.9 cm³/mol. The van der Waals surface area contributed by atoms with Crippen molar-refractivity contribution >= 4 is 5.82 Å². The van der Waals surface area contributed by atoms with Gasteiger partial charge in [-0.1, -0.05) is 24.3 Å². The number of hydrogen-bond donors (Lipinski definition) is 1. The minimum absolute atomic E-state index is 0.627. The SMILES string of the molecule is Nc1ncnc2c1CCCc1ccccc1-2. The maximum atomic E-state index is 5.92. The van der Waals surface area contributed by atoms with Gasteiger partial charge in [0.25, 0.3) is 0 Å². The summed E-state index contributed by atoms with van der Waals surface area (Å²) in [7, 11) is 0. The van der Waals surface area contributed by atoms with E-state index < -0.39 is 0 Å². The molecule has 0 saturated carbocycles. The van der Waals surface area contributed by atoms with Crippen LogP contribution in [0.5, 0.6) is 0 Å². The fourth-order valence-corrected chi connectivity index (χ4v) is 2.33. The van der Waals surface area contributed by atoms with E-state index in [2.05, 4.69) is 28.2 Å². The van der Waals surface area contributed by atoms with Gasteiger partial charge in [-0.2, -0.15) is 0 Å². The first-order valence-corrected chi connectivity index (χ1v) is 5.54. The molecule has 0 radical (unpaired) electrons. The molecule has 3 rings (SSSR count). The van der Waals surface area contributed by atoms with Gasteiger partial charge in [-0.25, -0.2) is 9.97 Å². The normalized spacial score (nSPS) is 13.8. The molecule has 1 aliphatic carbocycles. The Bertz CT molecular complexity index is 534. The molecule has 0 bridgehead atoms. The molecule has 3 nitrogen and oxygen atoms in total. The smallest absolute Gasteiger partial charge is 0.130 e. The quantitative estimate of drug-likeness (QED) is 0.727. The number of aryl methyl sites for hydroxylation is 1. The zero-order valence-corrected chi connectivity index (χ0v) is 8.98. The van der Waals surface area contributed by atoms with Crippen LogP contribution >= 0.6 is 0 Å². The Morgan fingerprint density at radius 2 is 1.94 bits per heavy atom. The maximum absolute atomic E-state index is 5.92. The maximum Gasteiger partial charge on any atom is 0.130 e. The lowest BCUT2D eigenvalue weighted by Crippen LogP contribution is -2.01. The summed E-state index contributed by atoms with van der Waals surface area (Å²) in [6.45, 7) is 0. The van der Waals surface area contributed by atoms with Crippen molar-refractivity contribution in [3.8, 4) is 11.3 Å². The van der Waals surface area contributed by atoms with Crippen LogP contribution in [0.25, 0.3) is 11.3 Å². The summed E-state index contributed by atoms with van der Waals surface area (Å²) in [4.78, 5) is 8.46. The molecular formula is C13H13N3. The van der Waals surface area contributed by atoms with Gasteiger partial charge in [0, 0.05) is 11.1 Å². The number of hydrogen-bond acceptors (Lipinski definition) is 3. The zero-order chi connectivity index (χ0) is 11.0. The second-order valence-corrected chi connectivity index (χ2v) is 4.10. The first-order chi connectivity index (χ1) is 7.86. The average molecular weight is 211 g/mol. The van der Waals surface area contributed by atoms with E-state index in [-0.39, 0.29) is 0 Å². The minimum atomic E-state index is 0.627. The lowest BCUT2D eigenvalue weighted by atomic mass is 10.0. The van der Waals surface area contributed by atoms with Crippen LogP contribution < -0.4 is 5.73 Å². The molecule has 0 spiro atoms. The highest BCUT2D eigenvalue weighted by atomic mass is 14.9. The lowest BCUT2D eigenvalue weighted by molar-refractivity contribution is 0.831. The number of nitrogen functional groups attached to an aromatic ring is 1. The van der Waals surface area contributed by atoms with Crippen LogP contribution in [0.2, 0.25) is 0 Å². The molecule has 80 valence electrons. The molecule has 1 aromatic heterocycles. The molecule has 0 fully saturated rings. The molecule has 2 aromatic rings. The molecule has 0 atom stereocenters. The Morgan fingerprint density at radius 1 is 1.06 bits per heavy atom. The van der Waals surface area contributed by atoms with Crippen LogP contribution in [-0.2, 0) is 12.8 Å². The molecule has 0 unspecified atom stereocenters. The number of aromatic nitrogens is 2. The van der Waals surface area contributed by atoms with Crippen LogP contribution in [0.15, 0.2) is 30.6 Å². The molecule has 3 heteroatoms. The topological polar surface area (TPSA) is 51.8 Å². The number of rotatable bonds is 0. The van der Waals surface area contributed by atoms with Gasteiger partial charge >= 0.3 is 0 Å². The van der Waals surface area contributed by atoms with Crippen molar-refractivity contribution in [3.05, 3.63) is 41.7 Å². The van der Waals surface area contributed by atoms with Crippen molar-refractivity contribution in [3.63, 3.8) is 0 Å². The summed E-state index contributed by atoms with van der Waals surface area (Å²) >= 11 is 0. The number of nitrogens with two attached hydrogens (primary N) is 1. The average Bonchev–Trinajstić information content (AvgIpc) is 2.50. The molecule has 16 heavy (non-hydrogen) atoms. The summed E-state index contributed by atoms with van der Waals surface area (Å²) in [5.74, 6) is 0.627. The van der Waals surface area contributed by atoms with Gasteiger partial charge in [0.1, 0.15) is 12.1 Å². The van der Waals surface area contributed by atoms with Crippen LogP contribution in [0.3, 0.4) is 0 Å². The number of fused-ring (bicyclic) bond motifs is 3. The van der Waals surface area contributed by atoms with Gasteiger partial charge < -0.3 is 5.73 Å². The fourth-order valence-electron chi connectivity index (χ4n) is 2.33. The van der Waals surface area contributed by atoms with Crippen molar-refractivity contribution in [2.75, 3.05) is 5.73 Å². The van der Waals surface area contributed by atoms with Gasteiger partial charge in [-0.15, -0.1) is 0 Å². The largest absolute Gasteiger partial charge is 0.383 e. The fraction of sp³-hybridized carbons (Fsp3) is 0.231. The Kier molecular flexibility index (Phi) is 2.10. The molecular weight excluding hydrogens is 198 g/mol. The summed E-state index contributed by atoms with van der Waals surface area (Å²) in [5.41, 5.74) is 10.6. The standard InChI is InChI=1S/C13H13N3/c14-13-11-7-3-5-9-4-1-2-6-10(9)12(11)15-8-16-13/h1-2,4,6,8H,3,5,7H2,(H2,14,15,16). The molecule has 0 saturated heterocycles. The Hall–Kier alpha value is -1.90. The number of nitrogens with zero attached hydrogens (tertiary/aromatic N) is 2. The van der Waals surface area contributed by atoms with Crippen molar-refractivity contribution in [2.45, 2.75) is 19.3 Å². The summed E-state index contributed by atoms with van der Waals surface area (Å²) in [6, 6.07) is 8.41. The molecule has 1 aliphatic rings. The molecule has 1 heterocycles. The number of anilines is 1. The third-order valence-corrected chi connectivity index (χ3v) is 3.12. The van der Waals surface area contributed by atoms with E-state index in [0.717, 1.165) is 30.5 Å². The van der Waals surface area contributed by atoms with E-state index >= 15 is 0 Å². The summed E-state index contributed by atoms with van der Waals surface area (Å²) < 4.78 is 0. The first kappa shape index (κ1) is 9.33. The highest BCUT2D eigenvalue weighted by molar-refractivity contribution is 5.71. The van der Waals surface area contributed by atoms with Crippen LogP contribution in [0.1, 0.15) is 17.5 Å². The van der Waals surface area contributed by atoms with Gasteiger partial charge in [0.2, 0.25) is 0 Å². The minimum Gasteiger partial charge on any atom is -0.383 e. The Morgan fingerprint density at radius 3 is 2.88 bits per heavy atom.